The van der Waals surface area contributed by atoms with Crippen LogP contribution in [-0.2, 0) is 11.0 Å². The van der Waals surface area contributed by atoms with Gasteiger partial charge in [-0.3, -0.25) is 0 Å². The minimum Gasteiger partial charge on any atom is -0.426 e. The van der Waals surface area contributed by atoms with Crippen molar-refractivity contribution in [2.24, 2.45) is 0 Å². The van der Waals surface area contributed by atoms with E-state index in [4.69, 9.17) is 9.42 Å². The van der Waals surface area contributed by atoms with Gasteiger partial charge in [-0.2, -0.15) is 0 Å². The molecule has 1 N–H and O–H groups in total. The van der Waals surface area contributed by atoms with Crippen molar-refractivity contribution in [1.29, 1.82) is 0 Å². The van der Waals surface area contributed by atoms with E-state index >= 15 is 0 Å². The SMILES string of the molecule is CCCC.O=[PH](O)Oc1cccc2c1C=Cc1ccccc1C2. The minimum atomic E-state index is -2.98. The van der Waals surface area contributed by atoms with E-state index in [0.29, 0.717) is 5.75 Å². The molecule has 122 valence electrons. The Bertz CT molecular complexity index is 706. The maximum absolute atomic E-state index is 10.9. The van der Waals surface area contributed by atoms with Gasteiger partial charge >= 0.3 is 8.25 Å². The molecule has 0 fully saturated rings. The second kappa shape index (κ2) is 8.71. The maximum Gasteiger partial charge on any atom is 0.365 e. The van der Waals surface area contributed by atoms with Crippen LogP contribution in [0.3, 0.4) is 0 Å². The second-order valence-electron chi connectivity index (χ2n) is 5.41. The normalized spacial score (nSPS) is 13.0. The van der Waals surface area contributed by atoms with Crippen LogP contribution in [0.25, 0.3) is 12.2 Å². The fourth-order valence-electron chi connectivity index (χ4n) is 2.35. The Labute approximate surface area is 138 Å². The molecule has 1 atom stereocenters. The number of rotatable bonds is 3. The fourth-order valence-corrected chi connectivity index (χ4v) is 2.72. The van der Waals surface area contributed by atoms with Crippen LogP contribution in [0.15, 0.2) is 42.5 Å². The molecule has 0 aliphatic heterocycles. The number of hydrogen-bond acceptors (Lipinski definition) is 2. The molecule has 1 aliphatic carbocycles. The third kappa shape index (κ3) is 4.82. The van der Waals surface area contributed by atoms with Crippen molar-refractivity contribution in [3.05, 3.63) is 64.7 Å². The molecule has 4 heteroatoms. The van der Waals surface area contributed by atoms with Gasteiger partial charge in [-0.1, -0.05) is 75.2 Å². The minimum absolute atomic E-state index is 0.466. The van der Waals surface area contributed by atoms with E-state index in [0.717, 1.165) is 17.5 Å². The molecular weight excluding hydrogens is 307 g/mol. The lowest BCUT2D eigenvalue weighted by Gasteiger charge is -2.10. The van der Waals surface area contributed by atoms with Crippen molar-refractivity contribution in [3.63, 3.8) is 0 Å². The summed E-state index contributed by atoms with van der Waals surface area (Å²) in [5, 5.41) is 0. The molecule has 2 aromatic rings. The smallest absolute Gasteiger partial charge is 0.365 e. The standard InChI is InChI=1S/C15H13O3P.C4H10/c16-19(17)18-15-7-3-6-13-10-12-5-2-1-4-11(12)8-9-14(13)15;1-3-4-2/h1-9,19H,10H2,(H,16,17);3-4H2,1-2H3. The summed E-state index contributed by atoms with van der Waals surface area (Å²) in [5.74, 6) is 0.466. The van der Waals surface area contributed by atoms with Crippen LogP contribution in [0.4, 0.5) is 0 Å². The van der Waals surface area contributed by atoms with E-state index in [1.54, 1.807) is 6.07 Å². The van der Waals surface area contributed by atoms with Crippen LogP contribution in [0.2, 0.25) is 0 Å². The van der Waals surface area contributed by atoms with Crippen molar-refractivity contribution in [2.45, 2.75) is 33.1 Å². The number of unbranched alkanes of at least 4 members (excludes halogenated alkanes) is 1. The third-order valence-corrected chi connectivity index (χ3v) is 4.11. The summed E-state index contributed by atoms with van der Waals surface area (Å²) >= 11 is 0. The largest absolute Gasteiger partial charge is 0.426 e. The zero-order chi connectivity index (χ0) is 16.7. The van der Waals surface area contributed by atoms with Crippen LogP contribution in [0, 0.1) is 0 Å². The molecule has 0 heterocycles. The van der Waals surface area contributed by atoms with E-state index in [1.165, 1.54) is 24.0 Å². The highest BCUT2D eigenvalue weighted by atomic mass is 31.1. The summed E-state index contributed by atoms with van der Waals surface area (Å²) in [7, 11) is -2.98. The average molecular weight is 330 g/mol. The molecule has 0 spiro atoms. The van der Waals surface area contributed by atoms with E-state index in [-0.39, 0.29) is 0 Å². The molecule has 0 bridgehead atoms. The topological polar surface area (TPSA) is 46.5 Å². The molecule has 3 nitrogen and oxygen atoms in total. The Morgan fingerprint density at radius 2 is 1.70 bits per heavy atom. The van der Waals surface area contributed by atoms with Crippen molar-refractivity contribution < 1.29 is 14.0 Å². The van der Waals surface area contributed by atoms with Crippen molar-refractivity contribution >= 4 is 20.4 Å². The monoisotopic (exact) mass is 330 g/mol. The molecule has 23 heavy (non-hydrogen) atoms. The predicted octanol–water partition coefficient (Wildman–Crippen LogP) is 5.33. The summed E-state index contributed by atoms with van der Waals surface area (Å²) in [6.45, 7) is 4.36. The van der Waals surface area contributed by atoms with Gasteiger partial charge in [0.15, 0.2) is 0 Å². The maximum atomic E-state index is 10.9. The number of benzene rings is 2. The van der Waals surface area contributed by atoms with Crippen LogP contribution in [0.1, 0.15) is 48.9 Å². The summed E-state index contributed by atoms with van der Waals surface area (Å²) in [6, 6.07) is 13.8. The highest BCUT2D eigenvalue weighted by Crippen LogP contribution is 2.34. The van der Waals surface area contributed by atoms with E-state index < -0.39 is 8.25 Å². The van der Waals surface area contributed by atoms with Crippen molar-refractivity contribution in [3.8, 4) is 5.75 Å². The van der Waals surface area contributed by atoms with Gasteiger partial charge in [0.2, 0.25) is 0 Å². The summed E-state index contributed by atoms with van der Waals surface area (Å²) in [4.78, 5) is 8.95. The Balaban J connectivity index is 0.000000433. The molecule has 1 aliphatic rings. The van der Waals surface area contributed by atoms with E-state index in [2.05, 4.69) is 26.0 Å². The molecule has 0 amide bonds. The highest BCUT2D eigenvalue weighted by Gasteiger charge is 2.13. The van der Waals surface area contributed by atoms with Gasteiger partial charge in [0.25, 0.3) is 0 Å². The van der Waals surface area contributed by atoms with Gasteiger partial charge in [0, 0.05) is 5.56 Å². The zero-order valence-electron chi connectivity index (χ0n) is 13.6. The summed E-state index contributed by atoms with van der Waals surface area (Å²) in [5.41, 5.74) is 4.39. The molecule has 0 saturated carbocycles. The Morgan fingerprint density at radius 1 is 1.00 bits per heavy atom. The first-order valence-electron chi connectivity index (χ1n) is 7.94. The van der Waals surface area contributed by atoms with E-state index in [1.807, 2.05) is 36.4 Å². The lowest BCUT2D eigenvalue weighted by Crippen LogP contribution is -1.94. The van der Waals surface area contributed by atoms with Crippen LogP contribution in [-0.4, -0.2) is 4.89 Å². The van der Waals surface area contributed by atoms with Crippen molar-refractivity contribution in [1.82, 2.24) is 0 Å². The van der Waals surface area contributed by atoms with Crippen LogP contribution in [0.5, 0.6) is 5.75 Å². The average Bonchev–Trinajstić information content (AvgIpc) is 2.74. The lowest BCUT2D eigenvalue weighted by molar-refractivity contribution is 0.410. The molecule has 0 radical (unpaired) electrons. The van der Waals surface area contributed by atoms with Crippen molar-refractivity contribution in [2.75, 3.05) is 0 Å². The summed E-state index contributed by atoms with van der Waals surface area (Å²) < 4.78 is 15.9. The first kappa shape index (κ1) is 17.5. The van der Waals surface area contributed by atoms with Crippen LogP contribution >= 0.6 is 8.25 Å². The predicted molar refractivity (Wildman–Crippen MR) is 97.0 cm³/mol. The highest BCUT2D eigenvalue weighted by molar-refractivity contribution is 7.32. The van der Waals surface area contributed by atoms with Gasteiger partial charge in [-0.25, -0.2) is 4.57 Å². The fraction of sp³-hybridized carbons (Fsp3) is 0.263. The van der Waals surface area contributed by atoms with Crippen LogP contribution < -0.4 is 4.52 Å². The third-order valence-electron chi connectivity index (χ3n) is 3.72. The lowest BCUT2D eigenvalue weighted by atomic mass is 9.99. The zero-order valence-corrected chi connectivity index (χ0v) is 14.6. The Morgan fingerprint density at radius 3 is 2.39 bits per heavy atom. The first-order chi connectivity index (χ1) is 11.2. The molecule has 0 saturated heterocycles. The number of fused-ring (bicyclic) bond motifs is 2. The van der Waals surface area contributed by atoms with Gasteiger partial charge < -0.3 is 9.42 Å². The first-order valence-corrected chi connectivity index (χ1v) is 9.20. The molecular formula is C19H23O3P. The second-order valence-corrected chi connectivity index (χ2v) is 6.14. The van der Waals surface area contributed by atoms with Gasteiger partial charge in [0.1, 0.15) is 5.75 Å². The Kier molecular flexibility index (Phi) is 6.64. The van der Waals surface area contributed by atoms with E-state index in [9.17, 15) is 4.57 Å². The molecule has 2 aromatic carbocycles. The quantitative estimate of drug-likeness (QED) is 0.660. The number of hydrogen-bond donors (Lipinski definition) is 1. The van der Waals surface area contributed by atoms with Gasteiger partial charge in [0.05, 0.1) is 0 Å². The molecule has 0 aromatic heterocycles. The summed E-state index contributed by atoms with van der Waals surface area (Å²) in [6.07, 6.45) is 7.39. The van der Waals surface area contributed by atoms with Gasteiger partial charge in [-0.15, -0.1) is 0 Å². The Hall–Kier alpha value is -1.83. The molecule has 3 rings (SSSR count). The molecule has 1 unspecified atom stereocenters. The van der Waals surface area contributed by atoms with Gasteiger partial charge in [-0.05, 0) is 29.2 Å².